The van der Waals surface area contributed by atoms with Crippen molar-refractivity contribution in [3.05, 3.63) is 41.1 Å². The van der Waals surface area contributed by atoms with Crippen LogP contribution in [-0.4, -0.2) is 41.9 Å². The van der Waals surface area contributed by atoms with Crippen LogP contribution in [-0.2, 0) is 0 Å². The molecule has 1 N–H and O–H groups in total. The van der Waals surface area contributed by atoms with Crippen LogP contribution >= 0.6 is 11.8 Å². The summed E-state index contributed by atoms with van der Waals surface area (Å²) in [4.78, 5) is 2.83. The summed E-state index contributed by atoms with van der Waals surface area (Å²) in [6, 6.07) is 6.83. The minimum atomic E-state index is -2.74. The van der Waals surface area contributed by atoms with Gasteiger partial charge in [0, 0.05) is 11.6 Å². The molecular formula is C19H22F2N2O2S. The van der Waals surface area contributed by atoms with Crippen LogP contribution in [0.25, 0.3) is 11.0 Å². The number of alkyl halides is 2. The Morgan fingerprint density at radius 2 is 2.19 bits per heavy atom. The molecule has 26 heavy (non-hydrogen) atoms. The lowest BCUT2D eigenvalue weighted by atomic mass is 10.0. The summed E-state index contributed by atoms with van der Waals surface area (Å²) in [7, 11) is 0. The molecule has 2 aliphatic heterocycles. The van der Waals surface area contributed by atoms with E-state index in [0.29, 0.717) is 19.6 Å². The minimum absolute atomic E-state index is 0.147. The zero-order valence-corrected chi connectivity index (χ0v) is 15.6. The maximum absolute atomic E-state index is 14.4. The Kier molecular flexibility index (Phi) is 4.61. The number of nitrogens with one attached hydrogen (secondary N) is 1. The van der Waals surface area contributed by atoms with Crippen LogP contribution in [0.3, 0.4) is 0 Å². The number of nitrogens with zero attached hydrogens (tertiary/aromatic N) is 1. The lowest BCUT2D eigenvalue weighted by Crippen LogP contribution is -2.57. The van der Waals surface area contributed by atoms with Gasteiger partial charge in [-0.15, -0.1) is 11.8 Å². The van der Waals surface area contributed by atoms with E-state index in [1.54, 1.807) is 16.7 Å². The van der Waals surface area contributed by atoms with Gasteiger partial charge < -0.3 is 19.4 Å². The van der Waals surface area contributed by atoms with Gasteiger partial charge in [-0.2, -0.15) is 0 Å². The van der Waals surface area contributed by atoms with E-state index in [-0.39, 0.29) is 11.9 Å². The monoisotopic (exact) mass is 380 g/mol. The van der Waals surface area contributed by atoms with Gasteiger partial charge in [-0.25, -0.2) is 8.78 Å². The number of rotatable bonds is 4. The van der Waals surface area contributed by atoms with Crippen molar-refractivity contribution in [1.29, 1.82) is 0 Å². The third kappa shape index (κ3) is 3.42. The van der Waals surface area contributed by atoms with Gasteiger partial charge in [-0.3, -0.25) is 0 Å². The molecule has 1 saturated heterocycles. The number of furan rings is 1. The smallest absolute Gasteiger partial charge is 0.280 e. The fourth-order valence-electron chi connectivity index (χ4n) is 3.61. The molecule has 140 valence electrons. The summed E-state index contributed by atoms with van der Waals surface area (Å²) < 4.78 is 40.3. The van der Waals surface area contributed by atoms with Crippen LogP contribution in [0.2, 0.25) is 0 Å². The van der Waals surface area contributed by atoms with Crippen molar-refractivity contribution >= 4 is 22.7 Å². The standard InChI is InChI=1S/C19H22F2N2O2S/c1-12-7-14-8-15(3-4-16(14)25-12)24-10-18-23(9-13(2)26-18)17-5-6-22-11-19(17,20)21/h3-4,7-9,17-18,22H,5-6,10-11H2,1-2H3. The summed E-state index contributed by atoms with van der Waals surface area (Å²) in [6.45, 7) is 4.55. The lowest BCUT2D eigenvalue weighted by molar-refractivity contribution is -0.0870. The number of benzene rings is 1. The topological polar surface area (TPSA) is 37.6 Å². The van der Waals surface area contributed by atoms with Gasteiger partial charge in [0.1, 0.15) is 29.1 Å². The largest absolute Gasteiger partial charge is 0.490 e. The Hall–Kier alpha value is -1.73. The number of ether oxygens (including phenoxy) is 1. The van der Waals surface area contributed by atoms with E-state index >= 15 is 0 Å². The first-order chi connectivity index (χ1) is 12.4. The van der Waals surface area contributed by atoms with E-state index < -0.39 is 12.0 Å². The van der Waals surface area contributed by atoms with Crippen molar-refractivity contribution in [2.45, 2.75) is 37.6 Å². The first-order valence-corrected chi connectivity index (χ1v) is 9.64. The van der Waals surface area contributed by atoms with Crippen LogP contribution < -0.4 is 10.1 Å². The van der Waals surface area contributed by atoms with Gasteiger partial charge in [-0.05, 0) is 56.0 Å². The maximum atomic E-state index is 14.4. The van der Waals surface area contributed by atoms with Crippen LogP contribution in [0.5, 0.6) is 5.75 Å². The van der Waals surface area contributed by atoms with E-state index in [9.17, 15) is 8.78 Å². The molecule has 0 aliphatic carbocycles. The second-order valence-corrected chi connectivity index (χ2v) is 8.29. The van der Waals surface area contributed by atoms with Crippen molar-refractivity contribution in [1.82, 2.24) is 10.2 Å². The molecule has 2 aliphatic rings. The first-order valence-electron chi connectivity index (χ1n) is 8.76. The molecule has 0 spiro atoms. The number of halogens is 2. The van der Waals surface area contributed by atoms with E-state index in [4.69, 9.17) is 9.15 Å². The van der Waals surface area contributed by atoms with Crippen molar-refractivity contribution in [2.24, 2.45) is 0 Å². The van der Waals surface area contributed by atoms with Crippen molar-refractivity contribution < 1.29 is 17.9 Å². The minimum Gasteiger partial charge on any atom is -0.490 e. The first kappa shape index (κ1) is 17.7. The number of hydrogen-bond donors (Lipinski definition) is 1. The fraction of sp³-hybridized carbons (Fsp3) is 0.474. The molecule has 4 rings (SSSR count). The molecule has 0 saturated carbocycles. The van der Waals surface area contributed by atoms with E-state index in [0.717, 1.165) is 27.4 Å². The fourth-order valence-corrected chi connectivity index (χ4v) is 4.69. The quantitative estimate of drug-likeness (QED) is 0.853. The SMILES string of the molecule is CC1=CN(C2CCNCC2(F)F)C(COc2ccc3oc(C)cc3c2)S1. The molecule has 0 bridgehead atoms. The number of hydrogen-bond acceptors (Lipinski definition) is 5. The normalized spacial score (nSPS) is 25.5. The maximum Gasteiger partial charge on any atom is 0.280 e. The molecule has 1 aromatic heterocycles. The van der Waals surface area contributed by atoms with E-state index in [1.165, 1.54) is 0 Å². The zero-order valence-electron chi connectivity index (χ0n) is 14.8. The molecule has 2 aromatic rings. The molecule has 4 nitrogen and oxygen atoms in total. The van der Waals surface area contributed by atoms with Crippen LogP contribution in [0, 0.1) is 6.92 Å². The van der Waals surface area contributed by atoms with Gasteiger partial charge in [0.25, 0.3) is 5.92 Å². The van der Waals surface area contributed by atoms with E-state index in [1.807, 2.05) is 44.3 Å². The Labute approximate surface area is 155 Å². The lowest BCUT2D eigenvalue weighted by Gasteiger charge is -2.40. The number of fused-ring (bicyclic) bond motifs is 1. The highest BCUT2D eigenvalue weighted by atomic mass is 32.2. The summed E-state index contributed by atoms with van der Waals surface area (Å²) in [5.41, 5.74) is 0.818. The third-order valence-corrected chi connectivity index (χ3v) is 5.92. The number of thioether (sulfide) groups is 1. The van der Waals surface area contributed by atoms with Crippen LogP contribution in [0.4, 0.5) is 8.78 Å². The van der Waals surface area contributed by atoms with Gasteiger partial charge in [0.05, 0.1) is 12.6 Å². The third-order valence-electron chi connectivity index (χ3n) is 4.79. The zero-order chi connectivity index (χ0) is 18.3. The molecular weight excluding hydrogens is 358 g/mol. The predicted molar refractivity (Wildman–Crippen MR) is 99.6 cm³/mol. The Bertz CT molecular complexity index is 836. The van der Waals surface area contributed by atoms with Crippen LogP contribution in [0.15, 0.2) is 39.8 Å². The second kappa shape index (κ2) is 6.78. The number of allylic oxidation sites excluding steroid dienone is 1. The van der Waals surface area contributed by atoms with Crippen molar-refractivity contribution in [2.75, 3.05) is 19.7 Å². The molecule has 2 atom stereocenters. The van der Waals surface area contributed by atoms with Crippen molar-refractivity contribution in [3.63, 3.8) is 0 Å². The second-order valence-electron chi connectivity index (χ2n) is 6.87. The highest BCUT2D eigenvalue weighted by Crippen LogP contribution is 2.39. The summed E-state index contributed by atoms with van der Waals surface area (Å²) >= 11 is 1.58. The van der Waals surface area contributed by atoms with E-state index in [2.05, 4.69) is 5.32 Å². The average molecular weight is 380 g/mol. The molecule has 0 amide bonds. The molecule has 1 aromatic carbocycles. The molecule has 1 fully saturated rings. The average Bonchev–Trinajstić information content (AvgIpc) is 3.13. The van der Waals surface area contributed by atoms with Gasteiger partial charge >= 0.3 is 0 Å². The molecule has 7 heteroatoms. The van der Waals surface area contributed by atoms with Gasteiger partial charge in [0.15, 0.2) is 0 Å². The molecule has 3 heterocycles. The Morgan fingerprint density at radius 1 is 1.35 bits per heavy atom. The molecule has 2 unspecified atom stereocenters. The summed E-state index contributed by atoms with van der Waals surface area (Å²) in [5, 5.41) is 3.62. The Morgan fingerprint density at radius 3 is 3.00 bits per heavy atom. The number of piperidine rings is 1. The highest BCUT2D eigenvalue weighted by Gasteiger charge is 2.47. The van der Waals surface area contributed by atoms with Crippen LogP contribution in [0.1, 0.15) is 19.1 Å². The van der Waals surface area contributed by atoms with Crippen molar-refractivity contribution in [3.8, 4) is 5.75 Å². The highest BCUT2D eigenvalue weighted by molar-refractivity contribution is 8.03. The van der Waals surface area contributed by atoms with Gasteiger partial charge in [0.2, 0.25) is 0 Å². The molecule has 0 radical (unpaired) electrons. The Balaban J connectivity index is 1.47. The summed E-state index contributed by atoms with van der Waals surface area (Å²) in [6.07, 6.45) is 2.28. The van der Waals surface area contributed by atoms with Gasteiger partial charge in [-0.1, -0.05) is 0 Å². The predicted octanol–water partition coefficient (Wildman–Crippen LogP) is 4.35. The summed E-state index contributed by atoms with van der Waals surface area (Å²) in [5.74, 6) is -1.17. The number of aryl methyl sites for hydroxylation is 1.